The van der Waals surface area contributed by atoms with Crippen LogP contribution in [0.5, 0.6) is 0 Å². The molecule has 0 spiro atoms. The second-order valence-electron chi connectivity index (χ2n) is 4.84. The first kappa shape index (κ1) is 16.3. The van der Waals surface area contributed by atoms with Crippen molar-refractivity contribution in [3.05, 3.63) is 21.9 Å². The zero-order valence-electron chi connectivity index (χ0n) is 11.5. The van der Waals surface area contributed by atoms with Crippen LogP contribution >= 0.6 is 11.3 Å². The molecule has 0 aliphatic carbocycles. The predicted molar refractivity (Wildman–Crippen MR) is 74.9 cm³/mol. The van der Waals surface area contributed by atoms with Gasteiger partial charge in [0, 0.05) is 4.88 Å². The number of ether oxygens (including phenoxy) is 1. The van der Waals surface area contributed by atoms with Crippen molar-refractivity contribution in [2.75, 3.05) is 6.61 Å². The van der Waals surface area contributed by atoms with E-state index in [1.165, 1.54) is 11.3 Å². The lowest BCUT2D eigenvalue weighted by atomic mass is 9.98. The van der Waals surface area contributed by atoms with Gasteiger partial charge in [-0.2, -0.15) is 0 Å². The largest absolute Gasteiger partial charge is 0.394 e. The Morgan fingerprint density at radius 1 is 1.29 bits per heavy atom. The molecule has 1 fully saturated rings. The molecule has 1 aromatic heterocycles. The van der Waals surface area contributed by atoms with Crippen LogP contribution in [0.1, 0.15) is 21.5 Å². The number of carbonyl (C=O) groups is 1. The Morgan fingerprint density at radius 2 is 2.00 bits per heavy atom. The molecule has 7 nitrogen and oxygen atoms in total. The molecule has 1 aliphatic rings. The van der Waals surface area contributed by atoms with Gasteiger partial charge in [0.1, 0.15) is 24.4 Å². The van der Waals surface area contributed by atoms with E-state index in [1.807, 2.05) is 13.0 Å². The van der Waals surface area contributed by atoms with E-state index in [0.29, 0.717) is 4.88 Å². The van der Waals surface area contributed by atoms with Crippen LogP contribution in [-0.2, 0) is 11.2 Å². The monoisotopic (exact) mass is 317 g/mol. The highest BCUT2D eigenvalue weighted by molar-refractivity contribution is 7.14. The number of carbonyl (C=O) groups excluding carboxylic acids is 1. The summed E-state index contributed by atoms with van der Waals surface area (Å²) in [7, 11) is 0. The number of nitrogens with one attached hydrogen (secondary N) is 1. The first-order chi connectivity index (χ1) is 9.97. The van der Waals surface area contributed by atoms with E-state index < -0.39 is 43.2 Å². The van der Waals surface area contributed by atoms with Crippen molar-refractivity contribution < 1.29 is 30.0 Å². The Morgan fingerprint density at radius 3 is 2.57 bits per heavy atom. The maximum atomic E-state index is 12.1. The molecule has 1 saturated heterocycles. The number of aryl methyl sites for hydroxylation is 1. The van der Waals surface area contributed by atoms with Crippen LogP contribution in [0.15, 0.2) is 12.1 Å². The highest BCUT2D eigenvalue weighted by Crippen LogP contribution is 2.21. The van der Waals surface area contributed by atoms with Gasteiger partial charge in [-0.15, -0.1) is 11.3 Å². The third-order valence-electron chi connectivity index (χ3n) is 3.40. The fourth-order valence-corrected chi connectivity index (χ4v) is 2.96. The lowest BCUT2D eigenvalue weighted by Gasteiger charge is -2.40. The number of hydrogen-bond donors (Lipinski definition) is 5. The van der Waals surface area contributed by atoms with Gasteiger partial charge in [-0.1, -0.05) is 6.92 Å². The Labute approximate surface area is 125 Å². The number of amides is 1. The lowest BCUT2D eigenvalue weighted by Crippen LogP contribution is -2.63. The summed E-state index contributed by atoms with van der Waals surface area (Å²) in [4.78, 5) is 13.6. The maximum Gasteiger partial charge on any atom is 0.263 e. The van der Waals surface area contributed by atoms with E-state index >= 15 is 0 Å². The van der Waals surface area contributed by atoms with E-state index in [2.05, 4.69) is 5.32 Å². The molecule has 5 N–H and O–H groups in total. The molecular formula is C13H19NO6S. The summed E-state index contributed by atoms with van der Waals surface area (Å²) in [5.41, 5.74) is 0. The van der Waals surface area contributed by atoms with Crippen LogP contribution in [0.2, 0.25) is 0 Å². The topological polar surface area (TPSA) is 119 Å². The molecule has 118 valence electrons. The molecule has 5 atom stereocenters. The molecule has 0 aromatic carbocycles. The highest BCUT2D eigenvalue weighted by Gasteiger charge is 2.44. The zero-order chi connectivity index (χ0) is 15.6. The number of aliphatic hydroxyl groups is 4. The number of thiophene rings is 1. The quantitative estimate of drug-likeness (QED) is 0.478. The fourth-order valence-electron chi connectivity index (χ4n) is 2.11. The van der Waals surface area contributed by atoms with Crippen LogP contribution in [0, 0.1) is 0 Å². The van der Waals surface area contributed by atoms with Gasteiger partial charge in [0.25, 0.3) is 5.91 Å². The molecule has 2 heterocycles. The number of hydrogen-bond acceptors (Lipinski definition) is 7. The van der Waals surface area contributed by atoms with Crippen molar-refractivity contribution in [3.8, 4) is 0 Å². The minimum atomic E-state index is -1.50. The fraction of sp³-hybridized carbons (Fsp3) is 0.615. The second-order valence-corrected chi connectivity index (χ2v) is 6.01. The number of aliphatic hydroxyl groups excluding tert-OH is 4. The summed E-state index contributed by atoms with van der Waals surface area (Å²) >= 11 is 1.33. The van der Waals surface area contributed by atoms with Crippen LogP contribution in [-0.4, -0.2) is 63.6 Å². The average Bonchev–Trinajstić information content (AvgIpc) is 2.96. The third-order valence-corrected chi connectivity index (χ3v) is 4.63. The first-order valence-corrected chi connectivity index (χ1v) is 7.49. The minimum Gasteiger partial charge on any atom is -0.394 e. The Kier molecular flexibility index (Phi) is 5.31. The van der Waals surface area contributed by atoms with Crippen LogP contribution in [0.4, 0.5) is 0 Å². The van der Waals surface area contributed by atoms with E-state index in [0.717, 1.165) is 11.3 Å². The molecule has 0 saturated carbocycles. The highest BCUT2D eigenvalue weighted by atomic mass is 32.1. The van der Waals surface area contributed by atoms with E-state index in [1.54, 1.807) is 6.07 Å². The molecule has 0 unspecified atom stereocenters. The Balaban J connectivity index is 2.05. The van der Waals surface area contributed by atoms with Gasteiger partial charge in [0.15, 0.2) is 6.23 Å². The average molecular weight is 317 g/mol. The van der Waals surface area contributed by atoms with Crippen molar-refractivity contribution in [2.24, 2.45) is 0 Å². The van der Waals surface area contributed by atoms with Crippen LogP contribution in [0.3, 0.4) is 0 Å². The van der Waals surface area contributed by atoms with Gasteiger partial charge in [-0.25, -0.2) is 0 Å². The summed E-state index contributed by atoms with van der Waals surface area (Å²) < 4.78 is 5.22. The summed E-state index contributed by atoms with van der Waals surface area (Å²) in [6, 6.07) is 3.51. The SMILES string of the molecule is CCc1ccc(C(=O)N[C@@H]2O[C@H](CO)[C@@H](O)[C@H](O)[C@H]2O)s1. The Bertz CT molecular complexity index is 491. The molecule has 8 heteroatoms. The van der Waals surface area contributed by atoms with Crippen LogP contribution in [0.25, 0.3) is 0 Å². The number of rotatable bonds is 4. The molecule has 0 radical (unpaired) electrons. The van der Waals surface area contributed by atoms with E-state index in [9.17, 15) is 20.1 Å². The third kappa shape index (κ3) is 3.42. The maximum absolute atomic E-state index is 12.1. The molecule has 1 aromatic rings. The normalized spacial score (nSPS) is 32.9. The standard InChI is InChI=1S/C13H19NO6S/c1-2-6-3-4-8(21-6)12(19)14-13-11(18)10(17)9(16)7(5-15)20-13/h3-4,7,9-11,13,15-18H,2,5H2,1H3,(H,14,19)/t7-,9-,10+,11-,13-/m1/s1. The van der Waals surface area contributed by atoms with Gasteiger partial charge >= 0.3 is 0 Å². The van der Waals surface area contributed by atoms with E-state index in [-0.39, 0.29) is 0 Å². The van der Waals surface area contributed by atoms with Crippen molar-refractivity contribution in [3.63, 3.8) is 0 Å². The summed E-state index contributed by atoms with van der Waals surface area (Å²) in [5, 5.41) is 40.7. The van der Waals surface area contributed by atoms with Crippen molar-refractivity contribution in [1.29, 1.82) is 0 Å². The van der Waals surface area contributed by atoms with Gasteiger partial charge in [0.05, 0.1) is 11.5 Å². The smallest absolute Gasteiger partial charge is 0.263 e. The van der Waals surface area contributed by atoms with Crippen molar-refractivity contribution in [1.82, 2.24) is 5.32 Å². The molecule has 1 amide bonds. The van der Waals surface area contributed by atoms with Gasteiger partial charge in [0.2, 0.25) is 0 Å². The van der Waals surface area contributed by atoms with Gasteiger partial charge < -0.3 is 30.5 Å². The Hall–Kier alpha value is -1.03. The minimum absolute atomic E-state index is 0.441. The molecule has 0 bridgehead atoms. The molecule has 21 heavy (non-hydrogen) atoms. The predicted octanol–water partition coefficient (Wildman–Crippen LogP) is -1.16. The summed E-state index contributed by atoms with van der Waals surface area (Å²) in [5.74, 6) is -0.441. The first-order valence-electron chi connectivity index (χ1n) is 6.68. The molecule has 1 aliphatic heterocycles. The summed E-state index contributed by atoms with van der Waals surface area (Å²) in [6.45, 7) is 1.45. The van der Waals surface area contributed by atoms with Crippen molar-refractivity contribution in [2.45, 2.75) is 44.0 Å². The van der Waals surface area contributed by atoms with Gasteiger partial charge in [-0.05, 0) is 18.6 Å². The summed E-state index contributed by atoms with van der Waals surface area (Å²) in [6.07, 6.45) is -5.83. The van der Waals surface area contributed by atoms with Crippen LogP contribution < -0.4 is 5.32 Å². The lowest BCUT2D eigenvalue weighted by molar-refractivity contribution is -0.233. The molecular weight excluding hydrogens is 298 g/mol. The van der Waals surface area contributed by atoms with E-state index in [4.69, 9.17) is 9.84 Å². The van der Waals surface area contributed by atoms with Crippen molar-refractivity contribution >= 4 is 17.2 Å². The van der Waals surface area contributed by atoms with Gasteiger partial charge in [-0.3, -0.25) is 4.79 Å². The zero-order valence-corrected chi connectivity index (χ0v) is 12.3. The molecule has 2 rings (SSSR count). The second kappa shape index (κ2) is 6.82.